The van der Waals surface area contributed by atoms with Gasteiger partial charge in [0.15, 0.2) is 0 Å². The number of rotatable bonds is 5. The number of aliphatic hydroxyl groups excluding tert-OH is 1. The SMILES string of the molecule is CCCN(CCO)C(=O)C1CNc2ccccc21. The van der Waals surface area contributed by atoms with Gasteiger partial charge in [0.2, 0.25) is 5.91 Å². The van der Waals surface area contributed by atoms with Crippen molar-refractivity contribution in [3.8, 4) is 0 Å². The molecule has 0 saturated carbocycles. The van der Waals surface area contributed by atoms with E-state index in [-0.39, 0.29) is 18.4 Å². The number of para-hydroxylation sites is 1. The third kappa shape index (κ3) is 2.48. The monoisotopic (exact) mass is 248 g/mol. The molecule has 98 valence electrons. The van der Waals surface area contributed by atoms with Crippen molar-refractivity contribution in [1.29, 1.82) is 0 Å². The molecule has 0 bridgehead atoms. The molecule has 0 aliphatic carbocycles. The summed E-state index contributed by atoms with van der Waals surface area (Å²) in [6, 6.07) is 7.93. The average Bonchev–Trinajstić information content (AvgIpc) is 2.81. The molecule has 0 spiro atoms. The number of nitrogens with zero attached hydrogens (tertiary/aromatic N) is 1. The molecule has 1 amide bonds. The number of aliphatic hydroxyl groups is 1. The van der Waals surface area contributed by atoms with Crippen LogP contribution in [-0.4, -0.2) is 42.2 Å². The van der Waals surface area contributed by atoms with Gasteiger partial charge in [-0.1, -0.05) is 25.1 Å². The van der Waals surface area contributed by atoms with Gasteiger partial charge in [0, 0.05) is 25.3 Å². The maximum Gasteiger partial charge on any atom is 0.232 e. The number of fused-ring (bicyclic) bond motifs is 1. The molecule has 1 aliphatic heterocycles. The standard InChI is InChI=1S/C14H20N2O2/c1-2-7-16(8-9-17)14(18)12-10-15-13-6-4-3-5-11(12)13/h3-6,12,15,17H,2,7-10H2,1H3. The Morgan fingerprint density at radius 1 is 1.44 bits per heavy atom. The highest BCUT2D eigenvalue weighted by Gasteiger charge is 2.30. The summed E-state index contributed by atoms with van der Waals surface area (Å²) in [6.07, 6.45) is 0.910. The quantitative estimate of drug-likeness (QED) is 0.828. The Kier molecular flexibility index (Phi) is 4.20. The summed E-state index contributed by atoms with van der Waals surface area (Å²) in [7, 11) is 0. The zero-order chi connectivity index (χ0) is 13.0. The van der Waals surface area contributed by atoms with Crippen LogP contribution < -0.4 is 5.32 Å². The predicted molar refractivity (Wildman–Crippen MR) is 71.6 cm³/mol. The van der Waals surface area contributed by atoms with Crippen molar-refractivity contribution in [2.45, 2.75) is 19.3 Å². The average molecular weight is 248 g/mol. The molecule has 18 heavy (non-hydrogen) atoms. The first-order chi connectivity index (χ1) is 8.77. The van der Waals surface area contributed by atoms with Crippen LogP contribution >= 0.6 is 0 Å². The zero-order valence-electron chi connectivity index (χ0n) is 10.7. The molecule has 4 nitrogen and oxygen atoms in total. The number of anilines is 1. The van der Waals surface area contributed by atoms with Gasteiger partial charge in [-0.2, -0.15) is 0 Å². The van der Waals surface area contributed by atoms with Crippen LogP contribution in [0.4, 0.5) is 5.69 Å². The van der Waals surface area contributed by atoms with Crippen LogP contribution in [0.1, 0.15) is 24.8 Å². The van der Waals surface area contributed by atoms with Gasteiger partial charge < -0.3 is 15.3 Å². The van der Waals surface area contributed by atoms with Gasteiger partial charge in [-0.15, -0.1) is 0 Å². The maximum absolute atomic E-state index is 12.5. The van der Waals surface area contributed by atoms with E-state index in [0.717, 1.165) is 17.7 Å². The van der Waals surface area contributed by atoms with Crippen molar-refractivity contribution < 1.29 is 9.90 Å². The van der Waals surface area contributed by atoms with Crippen LogP contribution in [0.15, 0.2) is 24.3 Å². The molecule has 0 saturated heterocycles. The van der Waals surface area contributed by atoms with Crippen LogP contribution in [0.3, 0.4) is 0 Å². The fraction of sp³-hybridized carbons (Fsp3) is 0.500. The molecule has 1 aromatic rings. The number of carbonyl (C=O) groups excluding carboxylic acids is 1. The van der Waals surface area contributed by atoms with Gasteiger partial charge in [0.1, 0.15) is 0 Å². The highest BCUT2D eigenvalue weighted by molar-refractivity contribution is 5.88. The summed E-state index contributed by atoms with van der Waals surface area (Å²) < 4.78 is 0. The lowest BCUT2D eigenvalue weighted by atomic mass is 10.00. The van der Waals surface area contributed by atoms with E-state index in [9.17, 15) is 4.79 Å². The Bertz CT molecular complexity index is 414. The second kappa shape index (κ2) is 5.87. The smallest absolute Gasteiger partial charge is 0.232 e. The van der Waals surface area contributed by atoms with Crippen LogP contribution in [0, 0.1) is 0 Å². The Morgan fingerprint density at radius 2 is 2.22 bits per heavy atom. The topological polar surface area (TPSA) is 52.6 Å². The van der Waals surface area contributed by atoms with Crippen LogP contribution in [0.2, 0.25) is 0 Å². The maximum atomic E-state index is 12.5. The van der Waals surface area contributed by atoms with Gasteiger partial charge in [-0.05, 0) is 18.1 Å². The molecular formula is C14H20N2O2. The number of nitrogens with one attached hydrogen (secondary N) is 1. The fourth-order valence-electron chi connectivity index (χ4n) is 2.45. The molecule has 0 radical (unpaired) electrons. The van der Waals surface area contributed by atoms with Crippen molar-refractivity contribution in [3.05, 3.63) is 29.8 Å². The highest BCUT2D eigenvalue weighted by Crippen LogP contribution is 2.32. The minimum atomic E-state index is -0.112. The molecular weight excluding hydrogens is 228 g/mol. The van der Waals surface area contributed by atoms with Crippen LogP contribution in [0.5, 0.6) is 0 Å². The second-order valence-electron chi connectivity index (χ2n) is 4.57. The number of carbonyl (C=O) groups is 1. The Morgan fingerprint density at radius 3 is 2.94 bits per heavy atom. The molecule has 1 heterocycles. The van der Waals surface area contributed by atoms with E-state index in [1.165, 1.54) is 0 Å². The number of hydrogen-bond donors (Lipinski definition) is 2. The summed E-state index contributed by atoms with van der Waals surface area (Å²) in [5, 5.41) is 12.3. The summed E-state index contributed by atoms with van der Waals surface area (Å²) in [4.78, 5) is 14.2. The normalized spacial score (nSPS) is 17.1. The van der Waals surface area contributed by atoms with E-state index in [0.29, 0.717) is 19.6 Å². The fourth-order valence-corrected chi connectivity index (χ4v) is 2.45. The summed E-state index contributed by atoms with van der Waals surface area (Å²) in [6.45, 7) is 3.85. The third-order valence-corrected chi connectivity index (χ3v) is 3.31. The van der Waals surface area contributed by atoms with Crippen molar-refractivity contribution in [1.82, 2.24) is 4.90 Å². The van der Waals surface area contributed by atoms with E-state index in [1.807, 2.05) is 31.2 Å². The van der Waals surface area contributed by atoms with Crippen LogP contribution in [-0.2, 0) is 4.79 Å². The summed E-state index contributed by atoms with van der Waals surface area (Å²) in [5.41, 5.74) is 2.12. The predicted octanol–water partition coefficient (Wildman–Crippen LogP) is 1.43. The molecule has 4 heteroatoms. The Hall–Kier alpha value is -1.55. The molecule has 0 fully saturated rings. The van der Waals surface area contributed by atoms with Crippen molar-refractivity contribution >= 4 is 11.6 Å². The van der Waals surface area contributed by atoms with Gasteiger partial charge in [-0.3, -0.25) is 4.79 Å². The Balaban J connectivity index is 2.14. The molecule has 1 aliphatic rings. The first kappa shape index (κ1) is 12.9. The van der Waals surface area contributed by atoms with Gasteiger partial charge in [-0.25, -0.2) is 0 Å². The first-order valence-electron chi connectivity index (χ1n) is 6.50. The minimum absolute atomic E-state index is 0.0214. The number of hydrogen-bond acceptors (Lipinski definition) is 3. The lowest BCUT2D eigenvalue weighted by Gasteiger charge is -2.24. The van der Waals surface area contributed by atoms with E-state index in [2.05, 4.69) is 5.32 Å². The van der Waals surface area contributed by atoms with Crippen LogP contribution in [0.25, 0.3) is 0 Å². The molecule has 1 unspecified atom stereocenters. The molecule has 2 N–H and O–H groups in total. The largest absolute Gasteiger partial charge is 0.395 e. The number of benzene rings is 1. The van der Waals surface area contributed by atoms with Crippen molar-refractivity contribution in [3.63, 3.8) is 0 Å². The zero-order valence-corrected chi connectivity index (χ0v) is 10.7. The molecule has 1 aromatic carbocycles. The summed E-state index contributed by atoms with van der Waals surface area (Å²) in [5.74, 6) is 0.00245. The van der Waals surface area contributed by atoms with E-state index < -0.39 is 0 Å². The molecule has 0 aromatic heterocycles. The van der Waals surface area contributed by atoms with Crippen molar-refractivity contribution in [2.75, 3.05) is 31.6 Å². The van der Waals surface area contributed by atoms with E-state index >= 15 is 0 Å². The molecule has 2 rings (SSSR count). The second-order valence-corrected chi connectivity index (χ2v) is 4.57. The lowest BCUT2D eigenvalue weighted by molar-refractivity contribution is -0.132. The third-order valence-electron chi connectivity index (χ3n) is 3.31. The van der Waals surface area contributed by atoms with Gasteiger partial charge in [0.25, 0.3) is 0 Å². The molecule has 1 atom stereocenters. The van der Waals surface area contributed by atoms with E-state index in [1.54, 1.807) is 4.90 Å². The lowest BCUT2D eigenvalue weighted by Crippen LogP contribution is -2.38. The first-order valence-corrected chi connectivity index (χ1v) is 6.50. The Labute approximate surface area is 108 Å². The number of amides is 1. The van der Waals surface area contributed by atoms with Gasteiger partial charge >= 0.3 is 0 Å². The van der Waals surface area contributed by atoms with Crippen molar-refractivity contribution in [2.24, 2.45) is 0 Å². The van der Waals surface area contributed by atoms with Gasteiger partial charge in [0.05, 0.1) is 12.5 Å². The van der Waals surface area contributed by atoms with E-state index in [4.69, 9.17) is 5.11 Å². The highest BCUT2D eigenvalue weighted by atomic mass is 16.3. The summed E-state index contributed by atoms with van der Waals surface area (Å²) >= 11 is 0. The minimum Gasteiger partial charge on any atom is -0.395 e.